The molecule has 2 aromatic heterocycles. The van der Waals surface area contributed by atoms with Gasteiger partial charge in [0.2, 0.25) is 0 Å². The third kappa shape index (κ3) is 4.12. The Morgan fingerprint density at radius 1 is 1.03 bits per heavy atom. The number of aryl methyl sites for hydroxylation is 3. The normalized spacial score (nSPS) is 10.9. The lowest BCUT2D eigenvalue weighted by Crippen LogP contribution is -2.12. The molecule has 30 heavy (non-hydrogen) atoms. The molecular formula is C22H23N7O. The number of hydrogen-bond donors (Lipinski definition) is 1. The van der Waals surface area contributed by atoms with Gasteiger partial charge in [-0.3, -0.25) is 9.48 Å². The maximum atomic E-state index is 12.8. The number of nitrogens with zero attached hydrogens (tertiary/aromatic N) is 6. The fourth-order valence-corrected chi connectivity index (χ4v) is 3.38. The molecule has 2 aromatic carbocycles. The maximum absolute atomic E-state index is 12.8. The molecule has 8 heteroatoms. The first-order valence-corrected chi connectivity index (χ1v) is 9.81. The van der Waals surface area contributed by atoms with Gasteiger partial charge in [0, 0.05) is 29.1 Å². The minimum Gasteiger partial charge on any atom is -0.322 e. The van der Waals surface area contributed by atoms with Crippen LogP contribution in [0.1, 0.15) is 34.2 Å². The molecular weight excluding hydrogens is 378 g/mol. The molecule has 0 aliphatic carbocycles. The van der Waals surface area contributed by atoms with E-state index in [0.29, 0.717) is 24.5 Å². The molecule has 8 nitrogen and oxygen atoms in total. The Hall–Kier alpha value is -3.81. The highest BCUT2D eigenvalue weighted by molar-refractivity contribution is 6.04. The fraction of sp³-hybridized carbons (Fsp3) is 0.227. The zero-order valence-corrected chi connectivity index (χ0v) is 17.2. The average molecular weight is 401 g/mol. The van der Waals surface area contributed by atoms with Gasteiger partial charge in [-0.15, -0.1) is 5.10 Å². The predicted octanol–water partition coefficient (Wildman–Crippen LogP) is 3.47. The first-order chi connectivity index (χ1) is 14.5. The number of aromatic nitrogens is 6. The molecule has 4 aromatic rings. The standard InChI is InChI=1S/C22H23N7O/c1-4-28-21(24-26-27-28)18-8-6-9-19(13-18)22(30)23-20-10-5-7-17(12-20)14-29-16(3)11-15(2)25-29/h5-13H,4,14H2,1-3H3,(H,23,30). The lowest BCUT2D eigenvalue weighted by atomic mass is 10.1. The van der Waals surface area contributed by atoms with Gasteiger partial charge in [0.15, 0.2) is 5.82 Å². The lowest BCUT2D eigenvalue weighted by Gasteiger charge is -2.10. The number of hydrogen-bond acceptors (Lipinski definition) is 5. The quantitative estimate of drug-likeness (QED) is 0.534. The van der Waals surface area contributed by atoms with Crippen LogP contribution in [0.15, 0.2) is 54.6 Å². The zero-order chi connectivity index (χ0) is 21.1. The first kappa shape index (κ1) is 19.5. The van der Waals surface area contributed by atoms with E-state index in [9.17, 15) is 4.79 Å². The highest BCUT2D eigenvalue weighted by Gasteiger charge is 2.12. The molecule has 0 radical (unpaired) electrons. The Morgan fingerprint density at radius 3 is 2.63 bits per heavy atom. The smallest absolute Gasteiger partial charge is 0.255 e. The summed E-state index contributed by atoms with van der Waals surface area (Å²) >= 11 is 0. The molecule has 0 fully saturated rings. The van der Waals surface area contributed by atoms with Crippen molar-refractivity contribution < 1.29 is 4.79 Å². The summed E-state index contributed by atoms with van der Waals surface area (Å²) in [4.78, 5) is 12.8. The second-order valence-electron chi connectivity index (χ2n) is 7.14. The Kier molecular flexibility index (Phi) is 5.38. The zero-order valence-electron chi connectivity index (χ0n) is 17.2. The van der Waals surface area contributed by atoms with E-state index in [0.717, 1.165) is 28.2 Å². The summed E-state index contributed by atoms with van der Waals surface area (Å²) in [5.74, 6) is 0.453. The molecule has 1 N–H and O–H groups in total. The van der Waals surface area contributed by atoms with Crippen molar-refractivity contribution in [3.63, 3.8) is 0 Å². The lowest BCUT2D eigenvalue weighted by molar-refractivity contribution is 0.102. The molecule has 0 bridgehead atoms. The number of anilines is 1. The average Bonchev–Trinajstić information content (AvgIpc) is 3.34. The highest BCUT2D eigenvalue weighted by Crippen LogP contribution is 2.19. The van der Waals surface area contributed by atoms with E-state index in [4.69, 9.17) is 0 Å². The van der Waals surface area contributed by atoms with Crippen molar-refractivity contribution in [2.45, 2.75) is 33.9 Å². The van der Waals surface area contributed by atoms with Crippen LogP contribution in [0.25, 0.3) is 11.4 Å². The van der Waals surface area contributed by atoms with Crippen LogP contribution >= 0.6 is 0 Å². The molecule has 0 aliphatic heterocycles. The second kappa shape index (κ2) is 8.28. The molecule has 0 saturated heterocycles. The van der Waals surface area contributed by atoms with E-state index >= 15 is 0 Å². The summed E-state index contributed by atoms with van der Waals surface area (Å²) in [7, 11) is 0. The number of carbonyl (C=O) groups excluding carboxylic acids is 1. The number of tetrazole rings is 1. The van der Waals surface area contributed by atoms with Crippen molar-refractivity contribution in [1.82, 2.24) is 30.0 Å². The fourth-order valence-electron chi connectivity index (χ4n) is 3.38. The molecule has 0 unspecified atom stereocenters. The van der Waals surface area contributed by atoms with Crippen LogP contribution in [0, 0.1) is 13.8 Å². The first-order valence-electron chi connectivity index (χ1n) is 9.81. The summed E-state index contributed by atoms with van der Waals surface area (Å²) < 4.78 is 3.65. The molecule has 152 valence electrons. The van der Waals surface area contributed by atoms with Crippen LogP contribution in [-0.4, -0.2) is 35.9 Å². The summed E-state index contributed by atoms with van der Waals surface area (Å²) in [5.41, 5.74) is 5.24. The van der Waals surface area contributed by atoms with Gasteiger partial charge in [-0.2, -0.15) is 5.10 Å². The van der Waals surface area contributed by atoms with E-state index in [2.05, 4.69) is 25.9 Å². The Bertz CT molecular complexity index is 1190. The van der Waals surface area contributed by atoms with E-state index in [1.165, 1.54) is 0 Å². The highest BCUT2D eigenvalue weighted by atomic mass is 16.1. The minimum atomic E-state index is -0.185. The van der Waals surface area contributed by atoms with Gasteiger partial charge in [0.05, 0.1) is 12.2 Å². The number of benzene rings is 2. The van der Waals surface area contributed by atoms with Crippen molar-refractivity contribution in [1.29, 1.82) is 0 Å². The molecule has 4 rings (SSSR count). The van der Waals surface area contributed by atoms with Crippen molar-refractivity contribution in [2.75, 3.05) is 5.32 Å². The minimum absolute atomic E-state index is 0.185. The van der Waals surface area contributed by atoms with Gasteiger partial charge < -0.3 is 5.32 Å². The van der Waals surface area contributed by atoms with Gasteiger partial charge >= 0.3 is 0 Å². The van der Waals surface area contributed by atoms with Gasteiger partial charge in [-0.25, -0.2) is 4.68 Å². The third-order valence-corrected chi connectivity index (χ3v) is 4.83. The molecule has 2 heterocycles. The van der Waals surface area contributed by atoms with Gasteiger partial charge in [-0.05, 0) is 67.1 Å². The topological polar surface area (TPSA) is 90.5 Å². The number of amides is 1. The predicted molar refractivity (Wildman–Crippen MR) is 114 cm³/mol. The van der Waals surface area contributed by atoms with Crippen LogP contribution in [-0.2, 0) is 13.1 Å². The summed E-state index contributed by atoms with van der Waals surface area (Å²) in [6, 6.07) is 17.2. The maximum Gasteiger partial charge on any atom is 0.255 e. The van der Waals surface area contributed by atoms with Crippen molar-refractivity contribution in [3.8, 4) is 11.4 Å². The Labute approximate surface area is 174 Å². The van der Waals surface area contributed by atoms with Crippen LogP contribution in [0.5, 0.6) is 0 Å². The van der Waals surface area contributed by atoms with Gasteiger partial charge in [0.25, 0.3) is 5.91 Å². The van der Waals surface area contributed by atoms with Crippen LogP contribution < -0.4 is 5.32 Å². The van der Waals surface area contributed by atoms with Crippen LogP contribution in [0.3, 0.4) is 0 Å². The molecule has 0 aliphatic rings. The van der Waals surface area contributed by atoms with Crippen molar-refractivity contribution in [2.24, 2.45) is 0 Å². The van der Waals surface area contributed by atoms with Crippen LogP contribution in [0.2, 0.25) is 0 Å². The van der Waals surface area contributed by atoms with Gasteiger partial charge in [-0.1, -0.05) is 24.3 Å². The van der Waals surface area contributed by atoms with Gasteiger partial charge in [0.1, 0.15) is 0 Å². The Balaban J connectivity index is 1.52. The SMILES string of the molecule is CCn1nnnc1-c1cccc(C(=O)Nc2cccc(Cn3nc(C)cc3C)c2)c1. The molecule has 0 spiro atoms. The third-order valence-electron chi connectivity index (χ3n) is 4.83. The van der Waals surface area contributed by atoms with E-state index in [-0.39, 0.29) is 5.91 Å². The van der Waals surface area contributed by atoms with E-state index in [1.807, 2.05) is 67.9 Å². The molecule has 1 amide bonds. The van der Waals surface area contributed by atoms with Crippen LogP contribution in [0.4, 0.5) is 5.69 Å². The van der Waals surface area contributed by atoms with E-state index in [1.54, 1.807) is 16.8 Å². The second-order valence-corrected chi connectivity index (χ2v) is 7.14. The number of carbonyl (C=O) groups is 1. The number of nitrogens with one attached hydrogen (secondary N) is 1. The largest absolute Gasteiger partial charge is 0.322 e. The molecule has 0 atom stereocenters. The van der Waals surface area contributed by atoms with E-state index < -0.39 is 0 Å². The summed E-state index contributed by atoms with van der Waals surface area (Å²) in [6.07, 6.45) is 0. The monoisotopic (exact) mass is 401 g/mol. The molecule has 0 saturated carbocycles. The van der Waals surface area contributed by atoms with Crippen molar-refractivity contribution in [3.05, 3.63) is 77.1 Å². The summed E-state index contributed by atoms with van der Waals surface area (Å²) in [5, 5.41) is 19.2. The number of rotatable bonds is 6. The Morgan fingerprint density at radius 2 is 1.87 bits per heavy atom. The van der Waals surface area contributed by atoms with Crippen molar-refractivity contribution >= 4 is 11.6 Å². The summed E-state index contributed by atoms with van der Waals surface area (Å²) in [6.45, 7) is 7.29.